The van der Waals surface area contributed by atoms with Crippen LogP contribution in [-0.2, 0) is 14.3 Å². The van der Waals surface area contributed by atoms with Crippen LogP contribution in [0.2, 0.25) is 0 Å². The average molecular weight is 352 g/mol. The van der Waals surface area contributed by atoms with Crippen molar-refractivity contribution in [2.24, 2.45) is 5.92 Å². The van der Waals surface area contributed by atoms with Crippen LogP contribution in [-0.4, -0.2) is 46.2 Å². The van der Waals surface area contributed by atoms with E-state index >= 15 is 0 Å². The van der Waals surface area contributed by atoms with Gasteiger partial charge in [0.2, 0.25) is 5.54 Å². The summed E-state index contributed by atoms with van der Waals surface area (Å²) in [6, 6.07) is -2.67. The van der Waals surface area contributed by atoms with Gasteiger partial charge in [-0.15, -0.1) is 0 Å². The average Bonchev–Trinajstić information content (AvgIpc) is 2.55. The molecule has 0 aromatic carbocycles. The standard InChI is InChI=1S/C15H23F3N2O4/c1-8(2)7-9(10(21)24-13(3,4)5)20-11(22)14(6,15(16,17)18)19-12(20)23/h8-9H,7H2,1-6H3,(H,19,23)/t9-,14?/m0/s1. The monoisotopic (exact) mass is 352 g/mol. The number of hydrogen-bond donors (Lipinski definition) is 1. The summed E-state index contributed by atoms with van der Waals surface area (Å²) in [4.78, 5) is 37.0. The van der Waals surface area contributed by atoms with Crippen LogP contribution in [0.25, 0.3) is 0 Å². The zero-order valence-corrected chi connectivity index (χ0v) is 14.6. The lowest BCUT2D eigenvalue weighted by atomic mass is 9.98. The summed E-state index contributed by atoms with van der Waals surface area (Å²) in [5.41, 5.74) is -3.96. The Morgan fingerprint density at radius 3 is 2.08 bits per heavy atom. The molecule has 3 amide bonds. The summed E-state index contributed by atoms with van der Waals surface area (Å²) < 4.78 is 44.7. The van der Waals surface area contributed by atoms with Crippen LogP contribution in [0.4, 0.5) is 18.0 Å². The third kappa shape index (κ3) is 3.99. The highest BCUT2D eigenvalue weighted by Crippen LogP contribution is 2.36. The first-order valence-electron chi connectivity index (χ1n) is 7.55. The summed E-state index contributed by atoms with van der Waals surface area (Å²) >= 11 is 0. The van der Waals surface area contributed by atoms with Gasteiger partial charge in [-0.1, -0.05) is 13.8 Å². The molecule has 0 bridgehead atoms. The lowest BCUT2D eigenvalue weighted by Crippen LogP contribution is -2.57. The number of carbonyl (C=O) groups excluding carboxylic acids is 3. The topological polar surface area (TPSA) is 75.7 Å². The van der Waals surface area contributed by atoms with E-state index in [4.69, 9.17) is 4.74 Å². The van der Waals surface area contributed by atoms with E-state index in [1.165, 1.54) is 0 Å². The minimum absolute atomic E-state index is 0.00199. The molecule has 1 unspecified atom stereocenters. The van der Waals surface area contributed by atoms with E-state index in [1.807, 2.05) is 0 Å². The molecular weight excluding hydrogens is 329 g/mol. The maximum Gasteiger partial charge on any atom is 0.420 e. The first-order chi connectivity index (χ1) is 10.6. The Kier molecular flexibility index (Phi) is 5.27. The number of urea groups is 1. The van der Waals surface area contributed by atoms with Crippen LogP contribution in [0.1, 0.15) is 48.0 Å². The van der Waals surface area contributed by atoms with Crippen molar-refractivity contribution in [1.82, 2.24) is 10.2 Å². The smallest absolute Gasteiger partial charge is 0.420 e. The lowest BCUT2D eigenvalue weighted by molar-refractivity contribution is -0.193. The van der Waals surface area contributed by atoms with Crippen molar-refractivity contribution in [3.05, 3.63) is 0 Å². The summed E-state index contributed by atoms with van der Waals surface area (Å²) in [6.07, 6.45) is -4.98. The molecule has 0 radical (unpaired) electrons. The normalized spacial score (nSPS) is 23.5. The fourth-order valence-electron chi connectivity index (χ4n) is 2.26. The van der Waals surface area contributed by atoms with Gasteiger partial charge >= 0.3 is 18.2 Å². The van der Waals surface area contributed by atoms with Gasteiger partial charge in [0.25, 0.3) is 5.91 Å². The number of rotatable bonds is 4. The maximum absolute atomic E-state index is 13.2. The van der Waals surface area contributed by atoms with Crippen molar-refractivity contribution < 1.29 is 32.3 Å². The first-order valence-corrected chi connectivity index (χ1v) is 7.55. The second-order valence-corrected chi connectivity index (χ2v) is 7.41. The molecule has 1 heterocycles. The van der Waals surface area contributed by atoms with E-state index in [0.717, 1.165) is 0 Å². The third-order valence-electron chi connectivity index (χ3n) is 3.47. The van der Waals surface area contributed by atoms with Gasteiger partial charge in [0.1, 0.15) is 11.6 Å². The first kappa shape index (κ1) is 20.2. The molecule has 0 aromatic rings. The van der Waals surface area contributed by atoms with Crippen LogP contribution in [0.5, 0.6) is 0 Å². The molecule has 6 nitrogen and oxygen atoms in total. The number of hydrogen-bond acceptors (Lipinski definition) is 4. The zero-order valence-electron chi connectivity index (χ0n) is 14.6. The van der Waals surface area contributed by atoms with Crippen molar-refractivity contribution in [2.45, 2.75) is 71.3 Å². The highest BCUT2D eigenvalue weighted by Gasteiger charge is 2.65. The van der Waals surface area contributed by atoms with Crippen molar-refractivity contribution in [3.8, 4) is 0 Å². The molecule has 1 N–H and O–H groups in total. The number of esters is 1. The third-order valence-corrected chi connectivity index (χ3v) is 3.47. The van der Waals surface area contributed by atoms with Gasteiger partial charge in [0, 0.05) is 0 Å². The molecule has 0 aliphatic carbocycles. The quantitative estimate of drug-likeness (QED) is 0.623. The molecule has 9 heteroatoms. The highest BCUT2D eigenvalue weighted by molar-refractivity contribution is 6.09. The fourth-order valence-corrected chi connectivity index (χ4v) is 2.26. The summed E-state index contributed by atoms with van der Waals surface area (Å²) in [5.74, 6) is -2.57. The van der Waals surface area contributed by atoms with Crippen molar-refractivity contribution in [1.29, 1.82) is 0 Å². The van der Waals surface area contributed by atoms with Crippen molar-refractivity contribution in [2.75, 3.05) is 0 Å². The molecule has 0 saturated carbocycles. The van der Waals surface area contributed by atoms with Gasteiger partial charge in [-0.3, -0.25) is 4.79 Å². The number of nitrogens with zero attached hydrogens (tertiary/aromatic N) is 1. The molecule has 1 fully saturated rings. The Labute approximate surface area is 138 Å². The van der Waals surface area contributed by atoms with Crippen LogP contribution >= 0.6 is 0 Å². The highest BCUT2D eigenvalue weighted by atomic mass is 19.4. The molecule has 0 spiro atoms. The summed E-state index contributed by atoms with van der Waals surface area (Å²) in [7, 11) is 0. The van der Waals surface area contributed by atoms with Crippen LogP contribution in [0.15, 0.2) is 0 Å². The van der Waals surface area contributed by atoms with Crippen molar-refractivity contribution >= 4 is 17.9 Å². The summed E-state index contributed by atoms with van der Waals surface area (Å²) in [6.45, 7) is 8.78. The minimum atomic E-state index is -4.98. The molecule has 2 atom stereocenters. The molecular formula is C15H23F3N2O4. The fraction of sp³-hybridized carbons (Fsp3) is 0.800. The minimum Gasteiger partial charge on any atom is -0.458 e. The molecule has 24 heavy (non-hydrogen) atoms. The predicted octanol–water partition coefficient (Wildman–Crippen LogP) is 2.62. The largest absolute Gasteiger partial charge is 0.458 e. The second-order valence-electron chi connectivity index (χ2n) is 7.41. The van der Waals surface area contributed by atoms with E-state index in [1.54, 1.807) is 39.9 Å². The number of halogens is 3. The Morgan fingerprint density at radius 2 is 1.75 bits per heavy atom. The Bertz CT molecular complexity index is 540. The number of imide groups is 1. The number of nitrogens with one attached hydrogen (secondary N) is 1. The SMILES string of the molecule is CC(C)C[C@@H](C(=O)OC(C)(C)C)N1C(=O)NC(C)(C(F)(F)F)C1=O. The van der Waals surface area contributed by atoms with Gasteiger partial charge in [-0.05, 0) is 40.0 Å². The van der Waals surface area contributed by atoms with Gasteiger partial charge < -0.3 is 10.1 Å². The molecule has 1 rings (SSSR count). The van der Waals surface area contributed by atoms with E-state index in [-0.39, 0.29) is 12.3 Å². The van der Waals surface area contributed by atoms with Gasteiger partial charge in [-0.25, -0.2) is 14.5 Å². The number of ether oxygens (including phenoxy) is 1. The zero-order chi connectivity index (χ0) is 19.1. The Balaban J connectivity index is 3.22. The van der Waals surface area contributed by atoms with Gasteiger partial charge in [0.05, 0.1) is 0 Å². The lowest BCUT2D eigenvalue weighted by Gasteiger charge is -2.30. The summed E-state index contributed by atoms with van der Waals surface area (Å²) in [5, 5.41) is 1.65. The van der Waals surface area contributed by atoms with E-state index in [2.05, 4.69) is 0 Å². The van der Waals surface area contributed by atoms with Crippen LogP contribution in [0.3, 0.4) is 0 Å². The van der Waals surface area contributed by atoms with Crippen molar-refractivity contribution in [3.63, 3.8) is 0 Å². The maximum atomic E-state index is 13.2. The van der Waals surface area contributed by atoms with Crippen LogP contribution < -0.4 is 5.32 Å². The molecule has 1 aliphatic heterocycles. The Morgan fingerprint density at radius 1 is 1.25 bits per heavy atom. The van der Waals surface area contributed by atoms with Gasteiger partial charge in [-0.2, -0.15) is 13.2 Å². The number of alkyl halides is 3. The molecule has 1 saturated heterocycles. The second kappa shape index (κ2) is 6.25. The Hall–Kier alpha value is -1.80. The predicted molar refractivity (Wildman–Crippen MR) is 78.9 cm³/mol. The van der Waals surface area contributed by atoms with Crippen LogP contribution in [0, 0.1) is 5.92 Å². The van der Waals surface area contributed by atoms with E-state index in [9.17, 15) is 27.6 Å². The van der Waals surface area contributed by atoms with E-state index < -0.39 is 41.3 Å². The molecule has 1 aliphatic rings. The molecule has 0 aromatic heterocycles. The number of amides is 3. The van der Waals surface area contributed by atoms with Gasteiger partial charge in [0.15, 0.2) is 0 Å². The van der Waals surface area contributed by atoms with E-state index in [0.29, 0.717) is 11.8 Å². The molecule has 138 valence electrons. The number of carbonyl (C=O) groups is 3.